The second-order valence-electron chi connectivity index (χ2n) is 8.08. The molecule has 0 fully saturated rings. The third-order valence-electron chi connectivity index (χ3n) is 5.54. The average molecular weight is 441 g/mol. The van der Waals surface area contributed by atoms with Crippen LogP contribution < -0.4 is 14.8 Å². The second kappa shape index (κ2) is 12.1. The zero-order valence-electron chi connectivity index (χ0n) is 20.2. The summed E-state index contributed by atoms with van der Waals surface area (Å²) in [6.45, 7) is 10.7. The molecule has 174 valence electrons. The Morgan fingerprint density at radius 1 is 1.09 bits per heavy atom. The fourth-order valence-corrected chi connectivity index (χ4v) is 3.63. The highest BCUT2D eigenvalue weighted by Gasteiger charge is 2.29. The van der Waals surface area contributed by atoms with Crippen LogP contribution in [0.15, 0.2) is 36.4 Å². The Morgan fingerprint density at radius 2 is 1.84 bits per heavy atom. The predicted octanol–water partition coefficient (Wildman–Crippen LogP) is 4.33. The van der Waals surface area contributed by atoms with Crippen molar-refractivity contribution in [2.75, 3.05) is 20.3 Å². The number of carbonyl (C=O) groups is 2. The lowest BCUT2D eigenvalue weighted by Gasteiger charge is -2.30. The normalized spacial score (nSPS) is 11.6. The minimum Gasteiger partial charge on any atom is -0.497 e. The summed E-state index contributed by atoms with van der Waals surface area (Å²) in [4.78, 5) is 27.8. The lowest BCUT2D eigenvalue weighted by atomic mass is 10.1. The molecule has 1 atom stereocenters. The number of ether oxygens (including phenoxy) is 2. The van der Waals surface area contributed by atoms with Crippen molar-refractivity contribution in [2.45, 2.75) is 60.0 Å². The van der Waals surface area contributed by atoms with E-state index in [1.165, 1.54) is 0 Å². The lowest BCUT2D eigenvalue weighted by molar-refractivity contribution is -0.143. The highest BCUT2D eigenvalue weighted by molar-refractivity contribution is 5.88. The molecule has 0 saturated carbocycles. The molecule has 0 heterocycles. The molecule has 2 aromatic rings. The Balaban J connectivity index is 2.27. The molecular formula is C26H36N2O4. The molecule has 0 spiro atoms. The number of aryl methyl sites for hydroxylation is 2. The summed E-state index contributed by atoms with van der Waals surface area (Å²) in [7, 11) is 1.61. The maximum Gasteiger partial charge on any atom is 0.261 e. The molecule has 0 aliphatic heterocycles. The van der Waals surface area contributed by atoms with E-state index >= 15 is 0 Å². The van der Waals surface area contributed by atoms with Crippen LogP contribution in [0.5, 0.6) is 11.5 Å². The van der Waals surface area contributed by atoms with Crippen LogP contribution in [0.3, 0.4) is 0 Å². The number of nitrogens with one attached hydrogen (secondary N) is 1. The van der Waals surface area contributed by atoms with E-state index in [2.05, 4.69) is 11.4 Å². The summed E-state index contributed by atoms with van der Waals surface area (Å²) in [5.41, 5.74) is 4.10. The molecule has 0 saturated heterocycles. The summed E-state index contributed by atoms with van der Waals surface area (Å²) < 4.78 is 11.2. The van der Waals surface area contributed by atoms with Gasteiger partial charge in [-0.25, -0.2) is 0 Å². The topological polar surface area (TPSA) is 67.9 Å². The summed E-state index contributed by atoms with van der Waals surface area (Å²) >= 11 is 0. The molecule has 6 nitrogen and oxygen atoms in total. The van der Waals surface area contributed by atoms with E-state index in [1.54, 1.807) is 12.0 Å². The Kier molecular flexibility index (Phi) is 9.57. The van der Waals surface area contributed by atoms with Crippen LogP contribution in [0.4, 0.5) is 0 Å². The quantitative estimate of drug-likeness (QED) is 0.565. The number of methoxy groups -OCH3 is 1. The Morgan fingerprint density at radius 3 is 2.50 bits per heavy atom. The number of benzene rings is 2. The zero-order chi connectivity index (χ0) is 23.7. The largest absolute Gasteiger partial charge is 0.497 e. The van der Waals surface area contributed by atoms with Crippen molar-refractivity contribution in [1.29, 1.82) is 0 Å². The van der Waals surface area contributed by atoms with Gasteiger partial charge in [0.2, 0.25) is 5.91 Å². The highest BCUT2D eigenvalue weighted by Crippen LogP contribution is 2.24. The number of amides is 2. The van der Waals surface area contributed by atoms with E-state index in [0.717, 1.165) is 28.7 Å². The van der Waals surface area contributed by atoms with Gasteiger partial charge in [0.05, 0.1) is 7.11 Å². The van der Waals surface area contributed by atoms with Crippen molar-refractivity contribution in [3.63, 3.8) is 0 Å². The fraction of sp³-hybridized carbons (Fsp3) is 0.462. The maximum absolute atomic E-state index is 13.3. The molecule has 2 rings (SSSR count). The first-order valence-electron chi connectivity index (χ1n) is 11.2. The van der Waals surface area contributed by atoms with Crippen LogP contribution in [0.1, 0.15) is 48.9 Å². The smallest absolute Gasteiger partial charge is 0.261 e. The molecule has 2 aromatic carbocycles. The monoisotopic (exact) mass is 440 g/mol. The number of rotatable bonds is 11. The van der Waals surface area contributed by atoms with Gasteiger partial charge < -0.3 is 19.7 Å². The summed E-state index contributed by atoms with van der Waals surface area (Å²) in [6.07, 6.45) is 1.34. The number of hydrogen-bond acceptors (Lipinski definition) is 4. The molecule has 1 N–H and O–H groups in total. The van der Waals surface area contributed by atoms with Gasteiger partial charge in [-0.2, -0.15) is 0 Å². The molecule has 0 radical (unpaired) electrons. The molecule has 2 amide bonds. The van der Waals surface area contributed by atoms with E-state index < -0.39 is 6.04 Å². The van der Waals surface area contributed by atoms with Crippen LogP contribution in [-0.4, -0.2) is 43.0 Å². The summed E-state index contributed by atoms with van der Waals surface area (Å²) in [5, 5.41) is 2.93. The standard InChI is InChI=1S/C26H36N2O4/c1-7-12-27-26(30)23(8-2)28(16-21-10-9-11-22(15-21)31-6)25(29)17-32-24-14-18(3)13-19(4)20(24)5/h9-11,13-15,23H,7-8,12,16-17H2,1-6H3,(H,27,30)/t23-/m1/s1. The van der Waals surface area contributed by atoms with Gasteiger partial charge >= 0.3 is 0 Å². The first-order valence-corrected chi connectivity index (χ1v) is 11.2. The molecule has 0 aliphatic carbocycles. The van der Waals surface area contributed by atoms with Crippen molar-refractivity contribution in [3.05, 3.63) is 58.7 Å². The molecule has 0 aliphatic rings. The first kappa shape index (κ1) is 25.2. The number of hydrogen-bond donors (Lipinski definition) is 1. The predicted molar refractivity (Wildman–Crippen MR) is 127 cm³/mol. The van der Waals surface area contributed by atoms with E-state index in [-0.39, 0.29) is 18.4 Å². The van der Waals surface area contributed by atoms with E-state index in [1.807, 2.05) is 65.0 Å². The highest BCUT2D eigenvalue weighted by atomic mass is 16.5. The van der Waals surface area contributed by atoms with E-state index in [0.29, 0.717) is 31.0 Å². The van der Waals surface area contributed by atoms with Crippen LogP contribution in [0, 0.1) is 20.8 Å². The average Bonchev–Trinajstić information content (AvgIpc) is 2.78. The SMILES string of the molecule is CCCNC(=O)[C@@H](CC)N(Cc1cccc(OC)c1)C(=O)COc1cc(C)cc(C)c1C. The molecule has 0 bridgehead atoms. The van der Waals surface area contributed by atoms with E-state index in [9.17, 15) is 9.59 Å². The van der Waals surface area contributed by atoms with Gasteiger partial charge in [0.25, 0.3) is 5.91 Å². The minimum atomic E-state index is -0.579. The van der Waals surface area contributed by atoms with E-state index in [4.69, 9.17) is 9.47 Å². The van der Waals surface area contributed by atoms with Crippen molar-refractivity contribution < 1.29 is 19.1 Å². The fourth-order valence-electron chi connectivity index (χ4n) is 3.63. The molecule has 0 aromatic heterocycles. The Bertz CT molecular complexity index is 926. The molecular weight excluding hydrogens is 404 g/mol. The van der Waals surface area contributed by atoms with Crippen LogP contribution >= 0.6 is 0 Å². The van der Waals surface area contributed by atoms with Gasteiger partial charge in [-0.15, -0.1) is 0 Å². The van der Waals surface area contributed by atoms with Gasteiger partial charge in [0.1, 0.15) is 17.5 Å². The third-order valence-corrected chi connectivity index (χ3v) is 5.54. The Labute approximate surface area is 191 Å². The van der Waals surface area contributed by atoms with Gasteiger partial charge in [0, 0.05) is 13.1 Å². The Hall–Kier alpha value is -3.02. The third kappa shape index (κ3) is 6.74. The molecule has 0 unspecified atom stereocenters. The van der Waals surface area contributed by atoms with Crippen molar-refractivity contribution in [1.82, 2.24) is 10.2 Å². The summed E-state index contributed by atoms with van der Waals surface area (Å²) in [5.74, 6) is 1.03. The van der Waals surface area contributed by atoms with Gasteiger partial charge in [-0.05, 0) is 74.1 Å². The van der Waals surface area contributed by atoms with Gasteiger partial charge in [0.15, 0.2) is 6.61 Å². The number of carbonyl (C=O) groups excluding carboxylic acids is 2. The second-order valence-corrected chi connectivity index (χ2v) is 8.08. The first-order chi connectivity index (χ1) is 15.3. The van der Waals surface area contributed by atoms with Gasteiger partial charge in [-0.1, -0.05) is 32.0 Å². The van der Waals surface area contributed by atoms with Crippen LogP contribution in [0.2, 0.25) is 0 Å². The van der Waals surface area contributed by atoms with Gasteiger partial charge in [-0.3, -0.25) is 9.59 Å². The zero-order valence-corrected chi connectivity index (χ0v) is 20.2. The number of nitrogens with zero attached hydrogens (tertiary/aromatic N) is 1. The van der Waals surface area contributed by atoms with Crippen molar-refractivity contribution in [2.24, 2.45) is 0 Å². The lowest BCUT2D eigenvalue weighted by Crippen LogP contribution is -2.50. The summed E-state index contributed by atoms with van der Waals surface area (Å²) in [6, 6.07) is 11.0. The van der Waals surface area contributed by atoms with Crippen molar-refractivity contribution >= 4 is 11.8 Å². The maximum atomic E-state index is 13.3. The molecule has 6 heteroatoms. The van der Waals surface area contributed by atoms with Crippen molar-refractivity contribution in [3.8, 4) is 11.5 Å². The molecule has 32 heavy (non-hydrogen) atoms. The van der Waals surface area contributed by atoms with Crippen LogP contribution in [0.25, 0.3) is 0 Å². The van der Waals surface area contributed by atoms with Crippen LogP contribution in [-0.2, 0) is 16.1 Å². The minimum absolute atomic E-state index is 0.134.